The Hall–Kier alpha value is -2.20. The lowest BCUT2D eigenvalue weighted by atomic mass is 10.1. The molecular weight excluding hydrogens is 254 g/mol. The Morgan fingerprint density at radius 1 is 1.11 bits per heavy atom. The Kier molecular flexibility index (Phi) is 3.69. The average molecular weight is 262 g/mol. The fraction of sp³-hybridized carbons (Fsp3) is 0. The van der Waals surface area contributed by atoms with Gasteiger partial charge < -0.3 is 4.74 Å². The summed E-state index contributed by atoms with van der Waals surface area (Å²) >= 11 is 5.69. The number of carbonyl (C=O) groups excluding carboxylic acids is 2. The van der Waals surface area contributed by atoms with E-state index >= 15 is 0 Å². The van der Waals surface area contributed by atoms with E-state index in [1.54, 1.807) is 30.3 Å². The van der Waals surface area contributed by atoms with Crippen LogP contribution in [0.15, 0.2) is 48.8 Å². The molecule has 0 bridgehead atoms. The van der Waals surface area contributed by atoms with Crippen LogP contribution in [0.3, 0.4) is 0 Å². The molecule has 0 aliphatic carbocycles. The van der Waals surface area contributed by atoms with Crippen LogP contribution in [-0.2, 0) is 4.79 Å². The number of hydrogen-bond acceptors (Lipinski definition) is 4. The van der Waals surface area contributed by atoms with Gasteiger partial charge in [-0.25, -0.2) is 4.79 Å². The molecule has 5 heteroatoms. The van der Waals surface area contributed by atoms with Crippen molar-refractivity contribution in [1.82, 2.24) is 4.98 Å². The zero-order chi connectivity index (χ0) is 13.0. The van der Waals surface area contributed by atoms with E-state index in [9.17, 15) is 9.59 Å². The standard InChI is InChI=1S/C13H8ClNO3/c14-10-6-11(8-15-7-10)18-13(17)12(16)9-4-2-1-3-5-9/h1-8H. The van der Waals surface area contributed by atoms with E-state index in [-0.39, 0.29) is 11.3 Å². The van der Waals surface area contributed by atoms with Crippen molar-refractivity contribution >= 4 is 23.4 Å². The first-order valence-electron chi connectivity index (χ1n) is 5.09. The van der Waals surface area contributed by atoms with Crippen molar-refractivity contribution in [2.75, 3.05) is 0 Å². The fourth-order valence-corrected chi connectivity index (χ4v) is 1.47. The van der Waals surface area contributed by atoms with Gasteiger partial charge in [-0.1, -0.05) is 41.9 Å². The van der Waals surface area contributed by atoms with Gasteiger partial charge in [-0.05, 0) is 0 Å². The molecule has 1 aromatic heterocycles. The number of esters is 1. The number of nitrogens with zero attached hydrogens (tertiary/aromatic N) is 1. The predicted octanol–water partition coefficient (Wildman–Crippen LogP) is 2.52. The summed E-state index contributed by atoms with van der Waals surface area (Å²) in [6.07, 6.45) is 2.71. The molecule has 2 aromatic rings. The molecule has 0 N–H and O–H groups in total. The third-order valence-corrected chi connectivity index (χ3v) is 2.32. The van der Waals surface area contributed by atoms with Crippen molar-refractivity contribution in [2.45, 2.75) is 0 Å². The zero-order valence-corrected chi connectivity index (χ0v) is 9.92. The maximum atomic E-state index is 11.7. The van der Waals surface area contributed by atoms with Crippen LogP contribution in [0.25, 0.3) is 0 Å². The minimum absolute atomic E-state index is 0.136. The van der Waals surface area contributed by atoms with Crippen LogP contribution >= 0.6 is 11.6 Å². The van der Waals surface area contributed by atoms with Crippen LogP contribution in [0.5, 0.6) is 5.75 Å². The topological polar surface area (TPSA) is 56.3 Å². The smallest absolute Gasteiger partial charge is 0.385 e. The summed E-state index contributed by atoms with van der Waals surface area (Å²) in [6, 6.07) is 9.58. The molecule has 0 atom stereocenters. The van der Waals surface area contributed by atoms with Gasteiger partial charge in [0.25, 0.3) is 5.78 Å². The summed E-state index contributed by atoms with van der Waals surface area (Å²) in [5.74, 6) is -1.54. The predicted molar refractivity (Wildman–Crippen MR) is 65.7 cm³/mol. The van der Waals surface area contributed by atoms with Gasteiger partial charge in [-0.2, -0.15) is 0 Å². The first kappa shape index (κ1) is 12.3. The molecule has 1 aromatic carbocycles. The highest BCUT2D eigenvalue weighted by Crippen LogP contribution is 2.15. The quantitative estimate of drug-likeness (QED) is 0.484. The Bertz CT molecular complexity index is 584. The van der Waals surface area contributed by atoms with Crippen LogP contribution in [0, 0.1) is 0 Å². The van der Waals surface area contributed by atoms with E-state index in [1.165, 1.54) is 18.5 Å². The summed E-state index contributed by atoms with van der Waals surface area (Å²) in [6.45, 7) is 0. The Morgan fingerprint density at radius 3 is 2.50 bits per heavy atom. The maximum absolute atomic E-state index is 11.7. The number of benzene rings is 1. The number of aromatic nitrogens is 1. The number of halogens is 1. The lowest BCUT2D eigenvalue weighted by molar-refractivity contribution is -0.129. The third kappa shape index (κ3) is 2.93. The number of Topliss-reactive ketones (excluding diaryl/α,β-unsaturated/α-hetero) is 1. The molecule has 0 unspecified atom stereocenters. The third-order valence-electron chi connectivity index (χ3n) is 2.11. The zero-order valence-electron chi connectivity index (χ0n) is 9.17. The highest BCUT2D eigenvalue weighted by Gasteiger charge is 2.18. The van der Waals surface area contributed by atoms with E-state index in [1.807, 2.05) is 0 Å². The van der Waals surface area contributed by atoms with Gasteiger partial charge in [0.05, 0.1) is 11.2 Å². The minimum Gasteiger partial charge on any atom is -0.419 e. The van der Waals surface area contributed by atoms with E-state index in [0.29, 0.717) is 5.02 Å². The van der Waals surface area contributed by atoms with Crippen LogP contribution < -0.4 is 4.74 Å². The monoisotopic (exact) mass is 261 g/mol. The van der Waals surface area contributed by atoms with Crippen molar-refractivity contribution in [3.05, 3.63) is 59.4 Å². The summed E-state index contributed by atoms with van der Waals surface area (Å²) in [7, 11) is 0. The van der Waals surface area contributed by atoms with Crippen molar-refractivity contribution in [3.8, 4) is 5.75 Å². The van der Waals surface area contributed by atoms with E-state index < -0.39 is 11.8 Å². The van der Waals surface area contributed by atoms with E-state index in [2.05, 4.69) is 4.98 Å². The number of ether oxygens (including phenoxy) is 1. The molecule has 0 saturated carbocycles. The van der Waals surface area contributed by atoms with Crippen molar-refractivity contribution in [2.24, 2.45) is 0 Å². The van der Waals surface area contributed by atoms with Gasteiger partial charge in [-0.15, -0.1) is 0 Å². The summed E-state index contributed by atoms with van der Waals surface area (Å²) < 4.78 is 4.88. The number of hydrogen-bond donors (Lipinski definition) is 0. The normalized spacial score (nSPS) is 9.83. The SMILES string of the molecule is O=C(Oc1cncc(Cl)c1)C(=O)c1ccccc1. The second-order valence-electron chi connectivity index (χ2n) is 3.42. The van der Waals surface area contributed by atoms with Gasteiger partial charge in [-0.3, -0.25) is 9.78 Å². The molecule has 1 heterocycles. The second-order valence-corrected chi connectivity index (χ2v) is 3.86. The van der Waals surface area contributed by atoms with Crippen LogP contribution in [0.4, 0.5) is 0 Å². The summed E-state index contributed by atoms with van der Waals surface area (Å²) in [5.41, 5.74) is 0.275. The van der Waals surface area contributed by atoms with Gasteiger partial charge in [0.1, 0.15) is 0 Å². The van der Waals surface area contributed by atoms with Gasteiger partial charge >= 0.3 is 5.97 Å². The molecule has 0 aliphatic rings. The number of carbonyl (C=O) groups is 2. The Morgan fingerprint density at radius 2 is 1.83 bits per heavy atom. The number of pyridine rings is 1. The fourth-order valence-electron chi connectivity index (χ4n) is 1.31. The first-order chi connectivity index (χ1) is 8.66. The second kappa shape index (κ2) is 5.42. The molecule has 0 fully saturated rings. The molecule has 18 heavy (non-hydrogen) atoms. The number of rotatable bonds is 3. The van der Waals surface area contributed by atoms with Gasteiger partial charge in [0.15, 0.2) is 5.75 Å². The molecule has 0 spiro atoms. The molecule has 90 valence electrons. The molecule has 0 amide bonds. The molecule has 0 aliphatic heterocycles. The van der Waals surface area contributed by atoms with Crippen molar-refractivity contribution < 1.29 is 14.3 Å². The Labute approximate surface area is 108 Å². The lowest BCUT2D eigenvalue weighted by Gasteiger charge is -2.03. The Balaban J connectivity index is 2.11. The van der Waals surface area contributed by atoms with Gasteiger partial charge in [0, 0.05) is 17.8 Å². The largest absolute Gasteiger partial charge is 0.419 e. The van der Waals surface area contributed by atoms with Crippen LogP contribution in [0.2, 0.25) is 5.02 Å². The van der Waals surface area contributed by atoms with E-state index in [0.717, 1.165) is 0 Å². The molecule has 0 saturated heterocycles. The molecule has 4 nitrogen and oxygen atoms in total. The van der Waals surface area contributed by atoms with Crippen LogP contribution in [-0.4, -0.2) is 16.7 Å². The highest BCUT2D eigenvalue weighted by atomic mass is 35.5. The summed E-state index contributed by atoms with van der Waals surface area (Å²) in [4.78, 5) is 27.0. The summed E-state index contributed by atoms with van der Waals surface area (Å²) in [5, 5.41) is 0.326. The first-order valence-corrected chi connectivity index (χ1v) is 5.47. The molecule has 0 radical (unpaired) electrons. The van der Waals surface area contributed by atoms with Gasteiger partial charge in [0.2, 0.25) is 0 Å². The highest BCUT2D eigenvalue weighted by molar-refractivity contribution is 6.41. The van der Waals surface area contributed by atoms with E-state index in [4.69, 9.17) is 16.3 Å². The molecular formula is C13H8ClNO3. The van der Waals surface area contributed by atoms with Crippen molar-refractivity contribution in [3.63, 3.8) is 0 Å². The van der Waals surface area contributed by atoms with Crippen LogP contribution in [0.1, 0.15) is 10.4 Å². The number of ketones is 1. The average Bonchev–Trinajstić information content (AvgIpc) is 2.39. The lowest BCUT2D eigenvalue weighted by Crippen LogP contribution is -2.20. The molecule has 2 rings (SSSR count). The minimum atomic E-state index is -0.967. The maximum Gasteiger partial charge on any atom is 0.385 e. The van der Waals surface area contributed by atoms with Crippen molar-refractivity contribution in [1.29, 1.82) is 0 Å².